The number of hydrogen-bond donors (Lipinski definition) is 2. The van der Waals surface area contributed by atoms with Crippen molar-refractivity contribution < 1.29 is 4.79 Å². The molecule has 3 heterocycles. The lowest BCUT2D eigenvalue weighted by Crippen LogP contribution is -2.29. The van der Waals surface area contributed by atoms with Gasteiger partial charge in [-0.2, -0.15) is 5.10 Å². The Kier molecular flexibility index (Phi) is 3.79. The van der Waals surface area contributed by atoms with Crippen LogP contribution in [0.25, 0.3) is 5.00 Å². The smallest absolute Gasteiger partial charge is 0.254 e. The Morgan fingerprint density at radius 2 is 2.38 bits per heavy atom. The average molecular weight is 302 g/mol. The van der Waals surface area contributed by atoms with E-state index in [9.17, 15) is 4.79 Å². The number of nitrogens with zero attached hydrogens (tertiary/aromatic N) is 2. The van der Waals surface area contributed by atoms with Crippen molar-refractivity contribution in [1.82, 2.24) is 9.88 Å². The first kappa shape index (κ1) is 13.9. The molecule has 0 fully saturated rings. The molecule has 0 saturated carbocycles. The van der Waals surface area contributed by atoms with E-state index in [1.54, 1.807) is 11.3 Å². The molecular weight excluding hydrogens is 284 g/mol. The van der Waals surface area contributed by atoms with Crippen LogP contribution in [-0.4, -0.2) is 16.2 Å². The van der Waals surface area contributed by atoms with Crippen LogP contribution in [-0.2, 0) is 0 Å². The summed E-state index contributed by atoms with van der Waals surface area (Å²) < 4.78 is 2.09. The number of nitrogens with two attached hydrogens (primary N) is 1. The fourth-order valence-electron chi connectivity index (χ4n) is 2.73. The average Bonchev–Trinajstić information content (AvgIpc) is 3.11. The third-order valence-electron chi connectivity index (χ3n) is 3.71. The fraction of sp³-hybridized carbons (Fsp3) is 0.333. The van der Waals surface area contributed by atoms with E-state index in [0.717, 1.165) is 34.8 Å². The highest BCUT2D eigenvalue weighted by Crippen LogP contribution is 2.31. The lowest BCUT2D eigenvalue weighted by atomic mass is 10.0. The topological polar surface area (TPSA) is 72.4 Å². The molecule has 3 N–H and O–H groups in total. The summed E-state index contributed by atoms with van der Waals surface area (Å²) in [6, 6.07) is 5.81. The van der Waals surface area contributed by atoms with Gasteiger partial charge in [0.05, 0.1) is 11.6 Å². The molecule has 3 rings (SSSR count). The van der Waals surface area contributed by atoms with Crippen LogP contribution in [0.2, 0.25) is 0 Å². The number of hydrazone groups is 1. The second kappa shape index (κ2) is 5.73. The minimum atomic E-state index is -0.0963. The molecule has 0 bridgehead atoms. The number of nitrogens with one attached hydrogen (secondary N) is 1. The van der Waals surface area contributed by atoms with Crippen LogP contribution in [0.5, 0.6) is 0 Å². The first-order valence-corrected chi connectivity index (χ1v) is 7.94. The van der Waals surface area contributed by atoms with Gasteiger partial charge in [-0.3, -0.25) is 4.79 Å². The van der Waals surface area contributed by atoms with Crippen molar-refractivity contribution in [2.24, 2.45) is 10.9 Å². The summed E-state index contributed by atoms with van der Waals surface area (Å²) in [4.78, 5) is 12.4. The van der Waals surface area contributed by atoms with Crippen molar-refractivity contribution in [3.8, 4) is 5.00 Å². The van der Waals surface area contributed by atoms with Gasteiger partial charge in [-0.15, -0.1) is 11.3 Å². The van der Waals surface area contributed by atoms with Crippen LogP contribution in [0, 0.1) is 0 Å². The molecule has 2 aromatic rings. The van der Waals surface area contributed by atoms with E-state index < -0.39 is 0 Å². The summed E-state index contributed by atoms with van der Waals surface area (Å²) in [7, 11) is 0. The second-order valence-electron chi connectivity index (χ2n) is 5.12. The SMILES string of the molecule is CCC/C(CC1NC(=O)c2ccsc2-n2cccc21)=N/N. The standard InChI is InChI=1S/C15H18N4OS/c1-2-4-10(18-16)9-12-13-5-3-7-19(13)15-11(6-8-21-15)14(20)17-12/h3,5-8,12H,2,4,9,16H2,1H3,(H,17,20)/b18-10-. The Bertz CT molecular complexity index is 685. The quantitative estimate of drug-likeness (QED) is 0.518. The van der Waals surface area contributed by atoms with Crippen molar-refractivity contribution >= 4 is 23.0 Å². The van der Waals surface area contributed by atoms with Crippen LogP contribution < -0.4 is 11.2 Å². The zero-order chi connectivity index (χ0) is 14.8. The number of carbonyl (C=O) groups is 1. The third kappa shape index (κ3) is 2.47. The molecule has 5 nitrogen and oxygen atoms in total. The highest BCUT2D eigenvalue weighted by molar-refractivity contribution is 7.13. The molecule has 21 heavy (non-hydrogen) atoms. The Labute approximate surface area is 127 Å². The zero-order valence-electron chi connectivity index (χ0n) is 11.9. The summed E-state index contributed by atoms with van der Waals surface area (Å²) >= 11 is 1.57. The lowest BCUT2D eigenvalue weighted by molar-refractivity contribution is 0.0940. The Hall–Kier alpha value is -2.08. The number of rotatable bonds is 4. The minimum Gasteiger partial charge on any atom is -0.343 e. The van der Waals surface area contributed by atoms with Gasteiger partial charge in [0.25, 0.3) is 5.91 Å². The largest absolute Gasteiger partial charge is 0.343 e. The number of carbonyl (C=O) groups excluding carboxylic acids is 1. The van der Waals surface area contributed by atoms with E-state index in [1.807, 2.05) is 29.8 Å². The number of fused-ring (bicyclic) bond motifs is 3. The maximum absolute atomic E-state index is 12.4. The van der Waals surface area contributed by atoms with E-state index in [2.05, 4.69) is 21.9 Å². The Morgan fingerprint density at radius 3 is 3.14 bits per heavy atom. The summed E-state index contributed by atoms with van der Waals surface area (Å²) in [6.45, 7) is 2.09. The molecule has 0 aliphatic carbocycles. The van der Waals surface area contributed by atoms with Crippen LogP contribution in [0.4, 0.5) is 0 Å². The monoisotopic (exact) mass is 302 g/mol. The van der Waals surface area contributed by atoms with Gasteiger partial charge in [-0.05, 0) is 30.0 Å². The molecular formula is C15H18N4OS. The first-order valence-electron chi connectivity index (χ1n) is 7.06. The molecule has 1 aliphatic heterocycles. The fourth-order valence-corrected chi connectivity index (χ4v) is 3.63. The van der Waals surface area contributed by atoms with Gasteiger partial charge in [-0.1, -0.05) is 13.3 Å². The van der Waals surface area contributed by atoms with Crippen molar-refractivity contribution in [1.29, 1.82) is 0 Å². The molecule has 1 atom stereocenters. The minimum absolute atomic E-state index is 0.0344. The van der Waals surface area contributed by atoms with Crippen LogP contribution in [0.15, 0.2) is 34.9 Å². The van der Waals surface area contributed by atoms with Gasteiger partial charge in [0, 0.05) is 24.0 Å². The van der Waals surface area contributed by atoms with E-state index in [0.29, 0.717) is 6.42 Å². The van der Waals surface area contributed by atoms with E-state index in [-0.39, 0.29) is 11.9 Å². The van der Waals surface area contributed by atoms with E-state index in [1.165, 1.54) is 0 Å². The first-order chi connectivity index (χ1) is 10.2. The zero-order valence-corrected chi connectivity index (χ0v) is 12.7. The molecule has 2 aromatic heterocycles. The second-order valence-corrected chi connectivity index (χ2v) is 6.01. The Morgan fingerprint density at radius 1 is 1.52 bits per heavy atom. The molecule has 1 amide bonds. The summed E-state index contributed by atoms with van der Waals surface area (Å²) in [5, 5.41) is 9.89. The molecule has 110 valence electrons. The van der Waals surface area contributed by atoms with Gasteiger partial charge in [0.1, 0.15) is 5.00 Å². The summed E-state index contributed by atoms with van der Waals surface area (Å²) in [5.41, 5.74) is 2.73. The maximum atomic E-state index is 12.4. The summed E-state index contributed by atoms with van der Waals surface area (Å²) in [6.07, 6.45) is 4.49. The molecule has 0 radical (unpaired) electrons. The third-order valence-corrected chi connectivity index (χ3v) is 4.62. The van der Waals surface area contributed by atoms with Crippen molar-refractivity contribution in [3.05, 3.63) is 41.0 Å². The van der Waals surface area contributed by atoms with Gasteiger partial charge < -0.3 is 15.7 Å². The lowest BCUT2D eigenvalue weighted by Gasteiger charge is -2.18. The van der Waals surface area contributed by atoms with E-state index in [4.69, 9.17) is 5.84 Å². The number of hydrogen-bond acceptors (Lipinski definition) is 4. The molecule has 0 spiro atoms. The summed E-state index contributed by atoms with van der Waals surface area (Å²) in [5.74, 6) is 5.45. The normalized spacial score (nSPS) is 17.9. The Balaban J connectivity index is 1.98. The van der Waals surface area contributed by atoms with Crippen molar-refractivity contribution in [2.45, 2.75) is 32.2 Å². The molecule has 6 heteroatoms. The predicted octanol–water partition coefficient (Wildman–Crippen LogP) is 2.83. The molecule has 0 saturated heterocycles. The highest BCUT2D eigenvalue weighted by Gasteiger charge is 2.27. The number of thiophene rings is 1. The van der Waals surface area contributed by atoms with E-state index >= 15 is 0 Å². The van der Waals surface area contributed by atoms with Crippen molar-refractivity contribution in [3.63, 3.8) is 0 Å². The molecule has 1 aliphatic rings. The predicted molar refractivity (Wildman–Crippen MR) is 85.0 cm³/mol. The van der Waals surface area contributed by atoms with Crippen LogP contribution >= 0.6 is 11.3 Å². The number of amides is 1. The molecule has 0 aromatic carbocycles. The van der Waals surface area contributed by atoms with Crippen LogP contribution in [0.1, 0.15) is 48.3 Å². The van der Waals surface area contributed by atoms with Crippen LogP contribution in [0.3, 0.4) is 0 Å². The highest BCUT2D eigenvalue weighted by atomic mass is 32.1. The van der Waals surface area contributed by atoms with Gasteiger partial charge in [0.15, 0.2) is 0 Å². The van der Waals surface area contributed by atoms with Gasteiger partial charge in [-0.25, -0.2) is 0 Å². The van der Waals surface area contributed by atoms with Gasteiger partial charge >= 0.3 is 0 Å². The van der Waals surface area contributed by atoms with Gasteiger partial charge in [0.2, 0.25) is 0 Å². The van der Waals surface area contributed by atoms with Crippen molar-refractivity contribution in [2.75, 3.05) is 0 Å². The number of aromatic nitrogens is 1. The maximum Gasteiger partial charge on any atom is 0.254 e. The molecule has 1 unspecified atom stereocenters.